The first kappa shape index (κ1) is 11.1. The number of nitrogens with zero attached hydrogens (tertiary/aromatic N) is 1. The van der Waals surface area contributed by atoms with Crippen molar-refractivity contribution in [3.8, 4) is 0 Å². The molecule has 1 heterocycles. The van der Waals surface area contributed by atoms with E-state index in [0.717, 1.165) is 12.1 Å². The van der Waals surface area contributed by atoms with Crippen molar-refractivity contribution in [2.75, 3.05) is 6.61 Å². The Labute approximate surface area is 95.9 Å². The standard InChI is InChI=1S/C10H9ClF2N2O/c1-10(4-16-9(14)15-10)5-2-8(13)6(11)3-7(5)12/h2-3H,4H2,1H3,(H2,14,15)/t10-/m1/s1. The number of hydrogen-bond acceptors (Lipinski definition) is 3. The summed E-state index contributed by atoms with van der Waals surface area (Å²) >= 11 is 5.46. The zero-order valence-electron chi connectivity index (χ0n) is 8.43. The monoisotopic (exact) mass is 246 g/mol. The molecule has 0 aliphatic carbocycles. The number of ether oxygens (including phenoxy) is 1. The Balaban J connectivity index is 2.53. The second kappa shape index (κ2) is 3.59. The molecule has 1 aliphatic rings. The predicted octanol–water partition coefficient (Wildman–Crippen LogP) is 2.18. The summed E-state index contributed by atoms with van der Waals surface area (Å²) in [5, 5.41) is -0.263. The molecule has 0 unspecified atom stereocenters. The van der Waals surface area contributed by atoms with Gasteiger partial charge in [-0.2, -0.15) is 0 Å². The molecule has 0 bridgehead atoms. The van der Waals surface area contributed by atoms with E-state index in [0.29, 0.717) is 0 Å². The SMILES string of the molecule is C[C@]1(c2cc(F)c(Cl)cc2F)COC(N)=N1. The zero-order valence-corrected chi connectivity index (χ0v) is 9.18. The molecule has 1 aromatic rings. The molecule has 0 radical (unpaired) electrons. The fraction of sp³-hybridized carbons (Fsp3) is 0.300. The lowest BCUT2D eigenvalue weighted by Crippen LogP contribution is -2.22. The van der Waals surface area contributed by atoms with Crippen molar-refractivity contribution >= 4 is 17.6 Å². The van der Waals surface area contributed by atoms with Gasteiger partial charge in [0.25, 0.3) is 6.02 Å². The lowest BCUT2D eigenvalue weighted by Gasteiger charge is -2.19. The molecule has 2 rings (SSSR count). The van der Waals surface area contributed by atoms with E-state index in [9.17, 15) is 8.78 Å². The summed E-state index contributed by atoms with van der Waals surface area (Å²) in [7, 11) is 0. The third-order valence-electron chi connectivity index (χ3n) is 2.45. The van der Waals surface area contributed by atoms with Gasteiger partial charge in [-0.05, 0) is 19.1 Å². The molecule has 2 N–H and O–H groups in total. The van der Waals surface area contributed by atoms with E-state index in [1.54, 1.807) is 6.92 Å². The summed E-state index contributed by atoms with van der Waals surface area (Å²) in [6.45, 7) is 1.69. The van der Waals surface area contributed by atoms with Gasteiger partial charge in [0.1, 0.15) is 23.8 Å². The van der Waals surface area contributed by atoms with Crippen molar-refractivity contribution in [3.63, 3.8) is 0 Å². The van der Waals surface area contributed by atoms with Crippen LogP contribution in [0.2, 0.25) is 5.02 Å². The molecule has 1 aromatic carbocycles. The molecule has 0 spiro atoms. The second-order valence-corrected chi connectivity index (χ2v) is 4.17. The summed E-state index contributed by atoms with van der Waals surface area (Å²) in [5.41, 5.74) is 4.43. The summed E-state index contributed by atoms with van der Waals surface area (Å²) in [5.74, 6) is -1.32. The quantitative estimate of drug-likeness (QED) is 0.772. The van der Waals surface area contributed by atoms with Crippen LogP contribution in [-0.4, -0.2) is 12.6 Å². The normalized spacial score (nSPS) is 24.1. The van der Waals surface area contributed by atoms with Gasteiger partial charge in [0.05, 0.1) is 5.02 Å². The van der Waals surface area contributed by atoms with Gasteiger partial charge in [0.15, 0.2) is 0 Å². The molecule has 0 amide bonds. The molecule has 0 saturated heterocycles. The minimum Gasteiger partial charge on any atom is -0.462 e. The van der Waals surface area contributed by atoms with Gasteiger partial charge >= 0.3 is 0 Å². The Kier molecular flexibility index (Phi) is 2.50. The number of nitrogens with two attached hydrogens (primary N) is 1. The van der Waals surface area contributed by atoms with Gasteiger partial charge in [-0.1, -0.05) is 11.6 Å². The van der Waals surface area contributed by atoms with Gasteiger partial charge in [-0.3, -0.25) is 0 Å². The first-order valence-corrected chi connectivity index (χ1v) is 4.93. The molecule has 16 heavy (non-hydrogen) atoms. The molecular formula is C10H9ClF2N2O. The average Bonchev–Trinajstić information content (AvgIpc) is 2.53. The molecule has 0 fully saturated rings. The lowest BCUT2D eigenvalue weighted by molar-refractivity contribution is 0.262. The number of aliphatic imine (C=N–C) groups is 1. The van der Waals surface area contributed by atoms with Crippen LogP contribution in [0, 0.1) is 11.6 Å². The van der Waals surface area contributed by atoms with Crippen molar-refractivity contribution < 1.29 is 13.5 Å². The van der Waals surface area contributed by atoms with Crippen LogP contribution in [-0.2, 0) is 10.3 Å². The summed E-state index contributed by atoms with van der Waals surface area (Å²) in [6.07, 6.45) is 0. The molecule has 6 heteroatoms. The number of amidine groups is 1. The van der Waals surface area contributed by atoms with E-state index in [4.69, 9.17) is 22.1 Å². The van der Waals surface area contributed by atoms with Crippen LogP contribution in [0.15, 0.2) is 17.1 Å². The Bertz CT molecular complexity index is 478. The third kappa shape index (κ3) is 1.71. The van der Waals surface area contributed by atoms with Gasteiger partial charge < -0.3 is 10.5 Å². The van der Waals surface area contributed by atoms with E-state index < -0.39 is 17.2 Å². The number of benzene rings is 1. The molecule has 86 valence electrons. The van der Waals surface area contributed by atoms with E-state index in [2.05, 4.69) is 4.99 Å². The molecule has 3 nitrogen and oxygen atoms in total. The Morgan fingerprint density at radius 1 is 1.44 bits per heavy atom. The van der Waals surface area contributed by atoms with Crippen LogP contribution in [0.5, 0.6) is 0 Å². The van der Waals surface area contributed by atoms with Gasteiger partial charge in [-0.25, -0.2) is 13.8 Å². The zero-order chi connectivity index (χ0) is 11.9. The highest BCUT2D eigenvalue weighted by atomic mass is 35.5. The fourth-order valence-electron chi connectivity index (χ4n) is 1.60. The largest absolute Gasteiger partial charge is 0.462 e. The maximum atomic E-state index is 13.6. The van der Waals surface area contributed by atoms with Crippen molar-refractivity contribution in [1.29, 1.82) is 0 Å². The van der Waals surface area contributed by atoms with Gasteiger partial charge in [0, 0.05) is 5.56 Å². The van der Waals surface area contributed by atoms with Crippen molar-refractivity contribution in [2.45, 2.75) is 12.5 Å². The topological polar surface area (TPSA) is 47.6 Å². The van der Waals surface area contributed by atoms with Crippen LogP contribution < -0.4 is 5.73 Å². The highest BCUT2D eigenvalue weighted by Crippen LogP contribution is 2.33. The maximum absolute atomic E-state index is 13.6. The first-order chi connectivity index (χ1) is 7.42. The number of halogens is 3. The van der Waals surface area contributed by atoms with Crippen LogP contribution in [0.1, 0.15) is 12.5 Å². The van der Waals surface area contributed by atoms with Crippen LogP contribution in [0.25, 0.3) is 0 Å². The third-order valence-corrected chi connectivity index (χ3v) is 2.74. The van der Waals surface area contributed by atoms with E-state index in [-0.39, 0.29) is 23.2 Å². The fourth-order valence-corrected chi connectivity index (χ4v) is 1.75. The molecular weight excluding hydrogens is 238 g/mol. The first-order valence-electron chi connectivity index (χ1n) is 4.55. The average molecular weight is 247 g/mol. The summed E-state index contributed by atoms with van der Waals surface area (Å²) in [4.78, 5) is 3.94. The van der Waals surface area contributed by atoms with E-state index in [1.165, 1.54) is 0 Å². The Morgan fingerprint density at radius 2 is 2.12 bits per heavy atom. The Morgan fingerprint density at radius 3 is 2.69 bits per heavy atom. The molecule has 1 atom stereocenters. The lowest BCUT2D eigenvalue weighted by atomic mass is 9.93. The van der Waals surface area contributed by atoms with E-state index >= 15 is 0 Å². The predicted molar refractivity (Wildman–Crippen MR) is 56.3 cm³/mol. The molecule has 0 saturated carbocycles. The Hall–Kier alpha value is -1.36. The molecule has 0 aromatic heterocycles. The van der Waals surface area contributed by atoms with Crippen LogP contribution >= 0.6 is 11.6 Å². The maximum Gasteiger partial charge on any atom is 0.283 e. The van der Waals surface area contributed by atoms with Crippen LogP contribution in [0.3, 0.4) is 0 Å². The minimum atomic E-state index is -1.00. The van der Waals surface area contributed by atoms with Crippen molar-refractivity contribution in [3.05, 3.63) is 34.4 Å². The minimum absolute atomic E-state index is 0.0303. The van der Waals surface area contributed by atoms with Crippen molar-refractivity contribution in [2.24, 2.45) is 10.7 Å². The van der Waals surface area contributed by atoms with Gasteiger partial charge in [-0.15, -0.1) is 0 Å². The van der Waals surface area contributed by atoms with Crippen molar-refractivity contribution in [1.82, 2.24) is 0 Å². The smallest absolute Gasteiger partial charge is 0.283 e. The van der Waals surface area contributed by atoms with E-state index in [1.807, 2.05) is 0 Å². The number of rotatable bonds is 1. The highest BCUT2D eigenvalue weighted by molar-refractivity contribution is 6.30. The highest BCUT2D eigenvalue weighted by Gasteiger charge is 2.36. The summed E-state index contributed by atoms with van der Waals surface area (Å²) in [6, 6.07) is 1.90. The summed E-state index contributed by atoms with van der Waals surface area (Å²) < 4.78 is 31.9. The molecule has 1 aliphatic heterocycles. The van der Waals surface area contributed by atoms with Crippen LogP contribution in [0.4, 0.5) is 8.78 Å². The number of hydrogen-bond donors (Lipinski definition) is 1. The van der Waals surface area contributed by atoms with Gasteiger partial charge in [0.2, 0.25) is 0 Å². The second-order valence-electron chi connectivity index (χ2n) is 3.76.